The fourth-order valence-corrected chi connectivity index (χ4v) is 3.42. The fraction of sp³-hybridized carbons (Fsp3) is 0.353. The van der Waals surface area contributed by atoms with E-state index in [4.69, 9.17) is 11.6 Å². The van der Waals surface area contributed by atoms with Gasteiger partial charge in [-0.2, -0.15) is 0 Å². The lowest BCUT2D eigenvalue weighted by molar-refractivity contribution is -0.119. The Morgan fingerprint density at radius 2 is 2.38 bits per heavy atom. The Balaban J connectivity index is 2.72. The van der Waals surface area contributed by atoms with Gasteiger partial charge < -0.3 is 0 Å². The predicted octanol–water partition coefficient (Wildman–Crippen LogP) is 1.93. The molecule has 1 saturated carbocycles. The van der Waals surface area contributed by atoms with Gasteiger partial charge in [-0.1, -0.05) is 12.7 Å². The second kappa shape index (κ2) is 5.57. The molecule has 0 aromatic rings. The Bertz CT molecular complexity index is 643. The highest BCUT2D eigenvalue weighted by atomic mass is 16.5. The summed E-state index contributed by atoms with van der Waals surface area (Å²) < 4.78 is 0. The van der Waals surface area contributed by atoms with Gasteiger partial charge in [0.05, 0.1) is 0 Å². The number of hydrogen-bond acceptors (Lipinski definition) is 4. The molecule has 0 spiro atoms. The van der Waals surface area contributed by atoms with E-state index in [1.54, 1.807) is 19.1 Å². The van der Waals surface area contributed by atoms with Crippen LogP contribution in [-0.2, 0) is 9.59 Å². The van der Waals surface area contributed by atoms with E-state index < -0.39 is 11.3 Å². The van der Waals surface area contributed by atoms with Gasteiger partial charge in [-0.3, -0.25) is 20.3 Å². The molecule has 0 amide bonds. The van der Waals surface area contributed by atoms with Crippen LogP contribution >= 0.6 is 0 Å². The van der Waals surface area contributed by atoms with Crippen LogP contribution in [0.15, 0.2) is 41.8 Å². The van der Waals surface area contributed by atoms with Crippen LogP contribution in [0.4, 0.5) is 0 Å². The van der Waals surface area contributed by atoms with Gasteiger partial charge in [-0.05, 0) is 19.1 Å². The van der Waals surface area contributed by atoms with E-state index in [-0.39, 0.29) is 30.3 Å². The minimum atomic E-state index is -0.688. The van der Waals surface area contributed by atoms with E-state index in [1.807, 2.05) is 5.48 Å². The Labute approximate surface area is 123 Å². The molecule has 3 atom stereocenters. The van der Waals surface area contributed by atoms with Crippen LogP contribution in [0.2, 0.25) is 0 Å². The summed E-state index contributed by atoms with van der Waals surface area (Å²) >= 11 is 0. The molecule has 0 aromatic heterocycles. The van der Waals surface area contributed by atoms with E-state index in [9.17, 15) is 9.59 Å². The minimum absolute atomic E-state index is 0.0505. The summed E-state index contributed by atoms with van der Waals surface area (Å²) in [6.45, 7) is 5.20. The lowest BCUT2D eigenvalue weighted by Gasteiger charge is -2.35. The van der Waals surface area contributed by atoms with Crippen LogP contribution in [0.1, 0.15) is 19.8 Å². The molecule has 21 heavy (non-hydrogen) atoms. The van der Waals surface area contributed by atoms with Crippen molar-refractivity contribution in [3.63, 3.8) is 0 Å². The van der Waals surface area contributed by atoms with Crippen LogP contribution in [0.25, 0.3) is 0 Å². The first-order valence-electron chi connectivity index (χ1n) is 6.69. The number of fused-ring (bicyclic) bond motifs is 1. The van der Waals surface area contributed by atoms with Crippen molar-refractivity contribution in [2.24, 2.45) is 17.3 Å². The van der Waals surface area contributed by atoms with Gasteiger partial charge in [0.2, 0.25) is 0 Å². The lowest BCUT2D eigenvalue weighted by atomic mass is 9.66. The van der Waals surface area contributed by atoms with Crippen molar-refractivity contribution < 1.29 is 14.8 Å². The van der Waals surface area contributed by atoms with Crippen molar-refractivity contribution in [3.05, 3.63) is 41.8 Å². The molecule has 0 bridgehead atoms. The van der Waals surface area contributed by atoms with Gasteiger partial charge in [0.1, 0.15) is 0 Å². The van der Waals surface area contributed by atoms with Crippen LogP contribution in [0.5, 0.6) is 0 Å². The average Bonchev–Trinajstić information content (AvgIpc) is 2.69. The number of Topliss-reactive ketones (excluding diaryl/α,β-unsaturated/α-hetero) is 1. The zero-order valence-electron chi connectivity index (χ0n) is 11.8. The van der Waals surface area contributed by atoms with Gasteiger partial charge in [0.15, 0.2) is 11.6 Å². The average molecular weight is 283 g/mol. The van der Waals surface area contributed by atoms with E-state index in [1.165, 1.54) is 6.08 Å². The molecular weight excluding hydrogens is 266 g/mol. The molecule has 108 valence electrons. The second-order valence-electron chi connectivity index (χ2n) is 5.38. The van der Waals surface area contributed by atoms with Crippen LogP contribution < -0.4 is 5.48 Å². The molecule has 0 saturated heterocycles. The van der Waals surface area contributed by atoms with Gasteiger partial charge in [0, 0.05) is 41.4 Å². The number of rotatable bonds is 3. The molecule has 2 aliphatic carbocycles. The van der Waals surface area contributed by atoms with E-state index in [0.717, 1.165) is 0 Å². The Morgan fingerprint density at radius 1 is 1.67 bits per heavy atom. The topological polar surface area (TPSA) is 66.4 Å². The Hall–Kier alpha value is -2.34. The number of ketones is 2. The number of allylic oxidation sites excluding steroid dienone is 5. The third kappa shape index (κ3) is 2.17. The molecule has 0 aromatic carbocycles. The smallest absolute Gasteiger partial charge is 0.166 e. The third-order valence-corrected chi connectivity index (χ3v) is 4.35. The molecule has 4 nitrogen and oxygen atoms in total. The zero-order chi connectivity index (χ0) is 15.6. The molecular formula is C17H17NO3. The zero-order valence-corrected chi connectivity index (χ0v) is 11.8. The molecule has 2 N–H and O–H groups in total. The minimum Gasteiger partial charge on any atom is -0.295 e. The molecule has 2 aliphatic rings. The molecule has 0 radical (unpaired) electrons. The van der Waals surface area contributed by atoms with E-state index in [0.29, 0.717) is 11.3 Å². The Kier molecular flexibility index (Phi) is 3.99. The second-order valence-corrected chi connectivity index (χ2v) is 5.38. The first kappa shape index (κ1) is 15.1. The maximum atomic E-state index is 12.7. The van der Waals surface area contributed by atoms with Crippen molar-refractivity contribution in [2.75, 3.05) is 0 Å². The molecule has 2 rings (SSSR count). The quantitative estimate of drug-likeness (QED) is 0.359. The first-order chi connectivity index (χ1) is 10.0. The summed E-state index contributed by atoms with van der Waals surface area (Å²) in [5.41, 5.74) is 4.87. The van der Waals surface area contributed by atoms with Crippen LogP contribution in [0, 0.1) is 29.6 Å². The summed E-state index contributed by atoms with van der Waals surface area (Å²) in [6, 6.07) is 0. The summed E-state index contributed by atoms with van der Waals surface area (Å²) in [7, 11) is 0. The first-order valence-corrected chi connectivity index (χ1v) is 6.69. The largest absolute Gasteiger partial charge is 0.295 e. The van der Waals surface area contributed by atoms with Crippen molar-refractivity contribution in [3.8, 4) is 12.3 Å². The number of hydroxylamine groups is 1. The standard InChI is InChI=1S/C17H17NO3/c1-4-6-13-16(20)15(11(3)18-21)14-10-12(19)7-9-17(13,14)8-5-2/h1,7-9,13-14,18,21H,2,6,10H2,3H3/b15-11-/t13-,14-,17+/m1/s1. The highest BCUT2D eigenvalue weighted by molar-refractivity contribution is 6.05. The van der Waals surface area contributed by atoms with Crippen LogP contribution in [-0.4, -0.2) is 16.8 Å². The lowest BCUT2D eigenvalue weighted by Crippen LogP contribution is -2.33. The van der Waals surface area contributed by atoms with Gasteiger partial charge >= 0.3 is 0 Å². The summed E-state index contributed by atoms with van der Waals surface area (Å²) in [4.78, 5) is 24.5. The molecule has 0 aliphatic heterocycles. The van der Waals surface area contributed by atoms with E-state index >= 15 is 0 Å². The van der Waals surface area contributed by atoms with Crippen molar-refractivity contribution in [2.45, 2.75) is 19.8 Å². The SMILES string of the molecule is C#CC[C@@H]1C(=O)/C(=C(/C)NO)[C@H]2CC(=O)C=C[C@@]12C=C=C. The normalized spacial score (nSPS) is 33.0. The highest BCUT2D eigenvalue weighted by Crippen LogP contribution is 2.55. The number of hydrogen-bond donors (Lipinski definition) is 2. The number of carbonyl (C=O) groups excluding carboxylic acids is 2. The molecule has 0 unspecified atom stereocenters. The fourth-order valence-electron chi connectivity index (χ4n) is 3.42. The maximum Gasteiger partial charge on any atom is 0.166 e. The van der Waals surface area contributed by atoms with E-state index in [2.05, 4.69) is 18.2 Å². The van der Waals surface area contributed by atoms with Gasteiger partial charge in [-0.15, -0.1) is 18.1 Å². The number of terminal acetylenes is 1. The van der Waals surface area contributed by atoms with Crippen LogP contribution in [0.3, 0.4) is 0 Å². The molecule has 4 heteroatoms. The molecule has 0 heterocycles. The third-order valence-electron chi connectivity index (χ3n) is 4.35. The van der Waals surface area contributed by atoms with Gasteiger partial charge in [0.25, 0.3) is 0 Å². The molecule has 1 fully saturated rings. The predicted molar refractivity (Wildman–Crippen MR) is 78.0 cm³/mol. The summed E-state index contributed by atoms with van der Waals surface area (Å²) in [5.74, 6) is 1.52. The highest BCUT2D eigenvalue weighted by Gasteiger charge is 2.56. The number of nitrogens with one attached hydrogen (secondary N) is 1. The van der Waals surface area contributed by atoms with Crippen molar-refractivity contribution in [1.29, 1.82) is 0 Å². The summed E-state index contributed by atoms with van der Waals surface area (Å²) in [5, 5.41) is 9.16. The van der Waals surface area contributed by atoms with Crippen molar-refractivity contribution in [1.82, 2.24) is 5.48 Å². The summed E-state index contributed by atoms with van der Waals surface area (Å²) in [6.07, 6.45) is 10.8. The Morgan fingerprint density at radius 3 is 2.95 bits per heavy atom. The maximum absolute atomic E-state index is 12.7. The van der Waals surface area contributed by atoms with Gasteiger partial charge in [-0.25, -0.2) is 0 Å². The van der Waals surface area contributed by atoms with Crippen molar-refractivity contribution >= 4 is 11.6 Å². The number of carbonyl (C=O) groups is 2. The monoisotopic (exact) mass is 283 g/mol.